The minimum Gasteiger partial charge on any atom is -0.472 e. The highest BCUT2D eigenvalue weighted by Crippen LogP contribution is 2.16. The van der Waals surface area contributed by atoms with Crippen molar-refractivity contribution in [3.8, 4) is 5.88 Å². The number of rotatable bonds is 4. The van der Waals surface area contributed by atoms with Gasteiger partial charge in [0.15, 0.2) is 0 Å². The lowest BCUT2D eigenvalue weighted by atomic mass is 10.2. The van der Waals surface area contributed by atoms with E-state index in [1.54, 1.807) is 18.3 Å². The summed E-state index contributed by atoms with van der Waals surface area (Å²) in [5.74, 6) is 0.610. The zero-order chi connectivity index (χ0) is 16.2. The predicted molar refractivity (Wildman–Crippen MR) is 93.9 cm³/mol. The summed E-state index contributed by atoms with van der Waals surface area (Å²) in [6.45, 7) is 9.14. The molecule has 7 heteroatoms. The van der Waals surface area contributed by atoms with Gasteiger partial charge in [0.05, 0.1) is 18.8 Å². The van der Waals surface area contributed by atoms with E-state index in [1.165, 1.54) is 0 Å². The maximum atomic E-state index is 12.5. The van der Waals surface area contributed by atoms with Crippen LogP contribution >= 0.6 is 12.4 Å². The minimum atomic E-state index is 0. The Morgan fingerprint density at radius 3 is 2.58 bits per heavy atom. The fraction of sp³-hybridized carbons (Fsp3) is 0.647. The van der Waals surface area contributed by atoms with Gasteiger partial charge in [-0.05, 0) is 19.9 Å². The third-order valence-corrected chi connectivity index (χ3v) is 4.49. The zero-order valence-electron chi connectivity index (χ0n) is 14.3. The molecule has 3 rings (SSSR count). The Kier molecular flexibility index (Phi) is 6.83. The van der Waals surface area contributed by atoms with Crippen LogP contribution < -0.4 is 4.74 Å². The van der Waals surface area contributed by atoms with E-state index >= 15 is 0 Å². The molecule has 1 aromatic heterocycles. The Bertz CT molecular complexity index is 524. The number of pyridine rings is 1. The van der Waals surface area contributed by atoms with E-state index in [-0.39, 0.29) is 24.4 Å². The van der Waals surface area contributed by atoms with Crippen molar-refractivity contribution in [1.82, 2.24) is 14.8 Å². The van der Waals surface area contributed by atoms with Gasteiger partial charge in [-0.3, -0.25) is 9.69 Å². The Morgan fingerprint density at radius 2 is 2.04 bits per heavy atom. The van der Waals surface area contributed by atoms with E-state index in [0.717, 1.165) is 39.2 Å². The molecule has 0 aromatic carbocycles. The molecule has 1 aromatic rings. The molecule has 0 saturated carbocycles. The van der Waals surface area contributed by atoms with Crippen LogP contribution in [0.2, 0.25) is 0 Å². The highest BCUT2D eigenvalue weighted by atomic mass is 35.5. The fourth-order valence-electron chi connectivity index (χ4n) is 2.98. The summed E-state index contributed by atoms with van der Waals surface area (Å²) < 4.78 is 11.0. The van der Waals surface area contributed by atoms with Crippen LogP contribution in [-0.2, 0) is 4.74 Å². The van der Waals surface area contributed by atoms with Gasteiger partial charge in [-0.1, -0.05) is 0 Å². The second-order valence-corrected chi connectivity index (χ2v) is 6.41. The molecule has 0 N–H and O–H groups in total. The Balaban J connectivity index is 0.00000208. The highest BCUT2D eigenvalue weighted by Gasteiger charge is 2.24. The molecular weight excluding hydrogens is 330 g/mol. The summed E-state index contributed by atoms with van der Waals surface area (Å²) >= 11 is 0. The van der Waals surface area contributed by atoms with Gasteiger partial charge in [0, 0.05) is 50.9 Å². The molecule has 1 atom stereocenters. The predicted octanol–water partition coefficient (Wildman–Crippen LogP) is 1.84. The molecule has 2 aliphatic rings. The van der Waals surface area contributed by atoms with Crippen LogP contribution in [0.5, 0.6) is 5.88 Å². The third kappa shape index (κ3) is 4.59. The van der Waals surface area contributed by atoms with Gasteiger partial charge in [0.1, 0.15) is 6.10 Å². The van der Waals surface area contributed by atoms with Crippen molar-refractivity contribution in [2.45, 2.75) is 32.4 Å². The number of amides is 1. The van der Waals surface area contributed by atoms with Crippen molar-refractivity contribution in [3.05, 3.63) is 23.9 Å². The van der Waals surface area contributed by atoms with Crippen molar-refractivity contribution in [1.29, 1.82) is 0 Å². The van der Waals surface area contributed by atoms with E-state index in [4.69, 9.17) is 9.47 Å². The molecule has 24 heavy (non-hydrogen) atoms. The number of carbonyl (C=O) groups excluding carboxylic acids is 1. The first kappa shape index (κ1) is 19.0. The van der Waals surface area contributed by atoms with E-state index < -0.39 is 0 Å². The maximum absolute atomic E-state index is 12.5. The van der Waals surface area contributed by atoms with Gasteiger partial charge in [0.25, 0.3) is 5.91 Å². The zero-order valence-corrected chi connectivity index (χ0v) is 15.1. The highest BCUT2D eigenvalue weighted by molar-refractivity contribution is 5.94. The van der Waals surface area contributed by atoms with Gasteiger partial charge in [-0.2, -0.15) is 0 Å². The standard InChI is InChI=1S/C17H25N3O3.ClH/c1-13(2)19-6-8-20(9-7-19)17(21)14-3-4-16(18-11-14)23-15-5-10-22-12-15;/h3-4,11,13,15H,5-10,12H2,1-2H3;1H. The van der Waals surface area contributed by atoms with Crippen molar-refractivity contribution >= 4 is 18.3 Å². The first-order chi connectivity index (χ1) is 11.1. The summed E-state index contributed by atoms with van der Waals surface area (Å²) in [4.78, 5) is 21.1. The summed E-state index contributed by atoms with van der Waals surface area (Å²) in [6.07, 6.45) is 2.58. The number of ether oxygens (including phenoxy) is 2. The van der Waals surface area contributed by atoms with Crippen molar-refractivity contribution in [3.63, 3.8) is 0 Å². The third-order valence-electron chi connectivity index (χ3n) is 4.49. The van der Waals surface area contributed by atoms with E-state index in [1.807, 2.05) is 4.90 Å². The fourth-order valence-corrected chi connectivity index (χ4v) is 2.98. The van der Waals surface area contributed by atoms with Gasteiger partial charge in [0.2, 0.25) is 5.88 Å². The number of aromatic nitrogens is 1. The number of hydrogen-bond donors (Lipinski definition) is 0. The van der Waals surface area contributed by atoms with Crippen molar-refractivity contribution < 1.29 is 14.3 Å². The molecule has 1 unspecified atom stereocenters. The number of carbonyl (C=O) groups is 1. The maximum Gasteiger partial charge on any atom is 0.255 e. The summed E-state index contributed by atoms with van der Waals surface area (Å²) in [7, 11) is 0. The summed E-state index contributed by atoms with van der Waals surface area (Å²) in [5.41, 5.74) is 0.623. The SMILES string of the molecule is CC(C)N1CCN(C(=O)c2ccc(OC3CCOC3)nc2)CC1.Cl. The lowest BCUT2D eigenvalue weighted by molar-refractivity contribution is 0.0595. The first-order valence-electron chi connectivity index (χ1n) is 8.37. The van der Waals surface area contributed by atoms with Crippen LogP contribution in [0.15, 0.2) is 18.3 Å². The van der Waals surface area contributed by atoms with Crippen LogP contribution in [0, 0.1) is 0 Å². The number of nitrogens with zero attached hydrogens (tertiary/aromatic N) is 3. The second-order valence-electron chi connectivity index (χ2n) is 6.41. The van der Waals surface area contributed by atoms with Crippen LogP contribution in [-0.4, -0.2) is 72.2 Å². The first-order valence-corrected chi connectivity index (χ1v) is 8.37. The van der Waals surface area contributed by atoms with Gasteiger partial charge in [-0.25, -0.2) is 4.98 Å². The van der Waals surface area contributed by atoms with Gasteiger partial charge in [-0.15, -0.1) is 12.4 Å². The average molecular weight is 356 g/mol. The Morgan fingerprint density at radius 1 is 1.29 bits per heavy atom. The Hall–Kier alpha value is -1.37. The Labute approximate surface area is 149 Å². The molecule has 2 saturated heterocycles. The van der Waals surface area contributed by atoms with Crippen molar-refractivity contribution in [2.75, 3.05) is 39.4 Å². The molecule has 6 nitrogen and oxygen atoms in total. The number of halogens is 1. The lowest BCUT2D eigenvalue weighted by Crippen LogP contribution is -2.50. The lowest BCUT2D eigenvalue weighted by Gasteiger charge is -2.36. The molecule has 0 radical (unpaired) electrons. The largest absolute Gasteiger partial charge is 0.472 e. The quantitative estimate of drug-likeness (QED) is 0.824. The molecule has 0 bridgehead atoms. The molecule has 3 heterocycles. The topological polar surface area (TPSA) is 54.9 Å². The van der Waals surface area contributed by atoms with Gasteiger partial charge >= 0.3 is 0 Å². The van der Waals surface area contributed by atoms with Crippen molar-refractivity contribution in [2.24, 2.45) is 0 Å². The van der Waals surface area contributed by atoms with Gasteiger partial charge < -0.3 is 14.4 Å². The number of hydrogen-bond acceptors (Lipinski definition) is 5. The summed E-state index contributed by atoms with van der Waals surface area (Å²) in [5, 5.41) is 0. The molecule has 0 spiro atoms. The minimum absolute atomic E-state index is 0. The normalized spacial score (nSPS) is 21.6. The van der Waals surface area contributed by atoms with E-state index in [0.29, 0.717) is 24.1 Å². The monoisotopic (exact) mass is 355 g/mol. The second kappa shape index (κ2) is 8.65. The van der Waals surface area contributed by atoms with Crippen LogP contribution in [0.1, 0.15) is 30.6 Å². The van der Waals surface area contributed by atoms with E-state index in [2.05, 4.69) is 23.7 Å². The molecule has 2 fully saturated rings. The summed E-state index contributed by atoms with van der Waals surface area (Å²) in [6, 6.07) is 4.11. The smallest absolute Gasteiger partial charge is 0.255 e. The van der Waals surface area contributed by atoms with E-state index in [9.17, 15) is 4.79 Å². The molecule has 134 valence electrons. The number of piperazine rings is 1. The molecular formula is C17H26ClN3O3. The molecule has 1 amide bonds. The van der Waals surface area contributed by atoms with Crippen LogP contribution in [0.4, 0.5) is 0 Å². The van der Waals surface area contributed by atoms with Crippen LogP contribution in [0.3, 0.4) is 0 Å². The molecule has 0 aliphatic carbocycles. The molecule has 2 aliphatic heterocycles. The average Bonchev–Trinajstić information content (AvgIpc) is 3.08. The van der Waals surface area contributed by atoms with Crippen LogP contribution in [0.25, 0.3) is 0 Å².